The summed E-state index contributed by atoms with van der Waals surface area (Å²) >= 11 is 0. The summed E-state index contributed by atoms with van der Waals surface area (Å²) in [6.45, 7) is 7.69. The Morgan fingerprint density at radius 3 is 3.04 bits per heavy atom. The van der Waals surface area contributed by atoms with Gasteiger partial charge >= 0.3 is 0 Å². The van der Waals surface area contributed by atoms with Gasteiger partial charge in [0.25, 0.3) is 0 Å². The molecule has 1 amide bonds. The Morgan fingerprint density at radius 2 is 2.24 bits per heavy atom. The molecule has 0 saturated carbocycles. The van der Waals surface area contributed by atoms with Crippen molar-refractivity contribution in [2.45, 2.75) is 46.1 Å². The molecule has 0 unspecified atom stereocenters. The Hall–Kier alpha value is -2.63. The van der Waals surface area contributed by atoms with Gasteiger partial charge in [0.05, 0.1) is 17.8 Å². The van der Waals surface area contributed by atoms with Crippen LogP contribution in [0.1, 0.15) is 48.0 Å². The molecule has 25 heavy (non-hydrogen) atoms. The summed E-state index contributed by atoms with van der Waals surface area (Å²) in [6, 6.07) is 4.03. The van der Waals surface area contributed by atoms with Gasteiger partial charge < -0.3 is 9.30 Å². The number of carbonyl (C=O) groups is 1. The minimum atomic E-state index is 0.143. The SMILES string of the molecule is Cc1cccn2c(CC(=O)N3CCc4[nH]nc(C(C)C)c4C3)cnc12. The molecule has 1 N–H and O–H groups in total. The number of hydrogen-bond donors (Lipinski definition) is 1. The Balaban J connectivity index is 1.55. The van der Waals surface area contributed by atoms with Crippen LogP contribution in [-0.2, 0) is 24.2 Å². The van der Waals surface area contributed by atoms with Crippen LogP contribution in [0.25, 0.3) is 5.65 Å². The summed E-state index contributed by atoms with van der Waals surface area (Å²) in [5.41, 5.74) is 6.43. The minimum Gasteiger partial charge on any atom is -0.338 e. The number of H-pyrrole nitrogens is 1. The summed E-state index contributed by atoms with van der Waals surface area (Å²) in [7, 11) is 0. The largest absolute Gasteiger partial charge is 0.338 e. The molecule has 6 heteroatoms. The molecule has 6 nitrogen and oxygen atoms in total. The highest BCUT2D eigenvalue weighted by molar-refractivity contribution is 5.79. The average molecular weight is 337 g/mol. The first kappa shape index (κ1) is 15.9. The highest BCUT2D eigenvalue weighted by atomic mass is 16.2. The predicted octanol–water partition coefficient (Wildman–Crippen LogP) is 2.62. The smallest absolute Gasteiger partial charge is 0.228 e. The van der Waals surface area contributed by atoms with Gasteiger partial charge in [-0.15, -0.1) is 0 Å². The molecule has 0 spiro atoms. The highest BCUT2D eigenvalue weighted by Gasteiger charge is 2.26. The normalized spacial score (nSPS) is 14.3. The molecule has 0 fully saturated rings. The molecule has 4 heterocycles. The van der Waals surface area contributed by atoms with Crippen LogP contribution in [0.5, 0.6) is 0 Å². The third-order valence-electron chi connectivity index (χ3n) is 5.00. The predicted molar refractivity (Wildman–Crippen MR) is 95.4 cm³/mol. The molecule has 0 atom stereocenters. The molecule has 1 aliphatic heterocycles. The molecular weight excluding hydrogens is 314 g/mol. The maximum atomic E-state index is 12.9. The van der Waals surface area contributed by atoms with E-state index in [2.05, 4.69) is 29.0 Å². The fraction of sp³-hybridized carbons (Fsp3) is 0.421. The van der Waals surface area contributed by atoms with Gasteiger partial charge in [0, 0.05) is 43.2 Å². The lowest BCUT2D eigenvalue weighted by Gasteiger charge is -2.27. The van der Waals surface area contributed by atoms with Crippen LogP contribution < -0.4 is 0 Å². The van der Waals surface area contributed by atoms with E-state index in [9.17, 15) is 4.79 Å². The van der Waals surface area contributed by atoms with Gasteiger partial charge in [0.15, 0.2) is 0 Å². The van der Waals surface area contributed by atoms with Crippen LogP contribution in [0.4, 0.5) is 0 Å². The van der Waals surface area contributed by atoms with Crippen molar-refractivity contribution in [2.24, 2.45) is 0 Å². The first-order valence-corrected chi connectivity index (χ1v) is 8.80. The fourth-order valence-corrected chi connectivity index (χ4v) is 3.61. The molecule has 130 valence electrons. The van der Waals surface area contributed by atoms with Gasteiger partial charge in [-0.1, -0.05) is 19.9 Å². The molecule has 3 aromatic rings. The van der Waals surface area contributed by atoms with Crippen LogP contribution in [0.3, 0.4) is 0 Å². The first-order valence-electron chi connectivity index (χ1n) is 8.80. The van der Waals surface area contributed by atoms with Crippen molar-refractivity contribution in [1.82, 2.24) is 24.5 Å². The van der Waals surface area contributed by atoms with Gasteiger partial charge in [0.2, 0.25) is 5.91 Å². The number of nitrogens with one attached hydrogen (secondary N) is 1. The molecule has 0 saturated heterocycles. The van der Waals surface area contributed by atoms with Crippen molar-refractivity contribution in [3.05, 3.63) is 52.7 Å². The number of imidazole rings is 1. The third-order valence-corrected chi connectivity index (χ3v) is 5.00. The number of hydrogen-bond acceptors (Lipinski definition) is 3. The number of amides is 1. The Kier molecular flexibility index (Phi) is 3.82. The molecular formula is C19H23N5O. The minimum absolute atomic E-state index is 0.143. The lowest BCUT2D eigenvalue weighted by atomic mass is 9.99. The van der Waals surface area contributed by atoms with Crippen LogP contribution in [-0.4, -0.2) is 36.9 Å². The van der Waals surface area contributed by atoms with Crippen molar-refractivity contribution in [1.29, 1.82) is 0 Å². The van der Waals surface area contributed by atoms with E-state index in [1.807, 2.05) is 40.8 Å². The zero-order chi connectivity index (χ0) is 17.6. The van der Waals surface area contributed by atoms with E-state index in [4.69, 9.17) is 0 Å². The van der Waals surface area contributed by atoms with Crippen LogP contribution >= 0.6 is 0 Å². The second-order valence-electron chi connectivity index (χ2n) is 7.10. The maximum absolute atomic E-state index is 12.9. The number of nitrogens with zero attached hydrogens (tertiary/aromatic N) is 4. The fourth-order valence-electron chi connectivity index (χ4n) is 3.61. The van der Waals surface area contributed by atoms with Crippen molar-refractivity contribution in [2.75, 3.05) is 6.54 Å². The number of rotatable bonds is 3. The number of pyridine rings is 1. The highest BCUT2D eigenvalue weighted by Crippen LogP contribution is 2.26. The Morgan fingerprint density at radius 1 is 1.40 bits per heavy atom. The van der Waals surface area contributed by atoms with Crippen LogP contribution in [0.15, 0.2) is 24.5 Å². The molecule has 4 rings (SSSR count). The number of aryl methyl sites for hydroxylation is 1. The summed E-state index contributed by atoms with van der Waals surface area (Å²) in [4.78, 5) is 19.3. The van der Waals surface area contributed by atoms with E-state index in [0.717, 1.165) is 35.6 Å². The van der Waals surface area contributed by atoms with E-state index < -0.39 is 0 Å². The quantitative estimate of drug-likeness (QED) is 0.799. The first-order chi connectivity index (χ1) is 12.0. The Labute approximate surface area is 146 Å². The van der Waals surface area contributed by atoms with E-state index in [-0.39, 0.29) is 5.91 Å². The van der Waals surface area contributed by atoms with Gasteiger partial charge in [-0.05, 0) is 24.5 Å². The maximum Gasteiger partial charge on any atom is 0.228 e. The average Bonchev–Trinajstić information content (AvgIpc) is 3.19. The summed E-state index contributed by atoms with van der Waals surface area (Å²) in [5, 5.41) is 7.58. The monoisotopic (exact) mass is 337 g/mol. The third kappa shape index (κ3) is 2.71. The van der Waals surface area contributed by atoms with Crippen molar-refractivity contribution < 1.29 is 4.79 Å². The standard InChI is InChI=1S/C19H23N5O/c1-12(2)18-15-11-23(8-6-16(15)21-22-18)17(25)9-14-10-20-19-13(3)5-4-7-24(14)19/h4-5,7,10,12H,6,8-9,11H2,1-3H3,(H,21,22). The number of fused-ring (bicyclic) bond motifs is 2. The lowest BCUT2D eigenvalue weighted by molar-refractivity contribution is -0.131. The van der Waals surface area contributed by atoms with Gasteiger partial charge in [0.1, 0.15) is 5.65 Å². The van der Waals surface area contributed by atoms with E-state index in [1.165, 1.54) is 11.3 Å². The molecule has 0 bridgehead atoms. The van der Waals surface area contributed by atoms with Gasteiger partial charge in [-0.3, -0.25) is 9.89 Å². The number of aromatic nitrogens is 4. The lowest BCUT2D eigenvalue weighted by Crippen LogP contribution is -2.37. The van der Waals surface area contributed by atoms with Crippen molar-refractivity contribution >= 4 is 11.6 Å². The molecule has 1 aliphatic rings. The zero-order valence-corrected chi connectivity index (χ0v) is 14.9. The van der Waals surface area contributed by atoms with Crippen LogP contribution in [0, 0.1) is 6.92 Å². The second-order valence-corrected chi connectivity index (χ2v) is 7.10. The van der Waals surface area contributed by atoms with E-state index in [1.54, 1.807) is 0 Å². The summed E-state index contributed by atoms with van der Waals surface area (Å²) in [6.07, 6.45) is 4.99. The second kappa shape index (κ2) is 6.02. The zero-order valence-electron chi connectivity index (χ0n) is 14.9. The van der Waals surface area contributed by atoms with E-state index in [0.29, 0.717) is 18.9 Å². The topological polar surface area (TPSA) is 66.3 Å². The van der Waals surface area contributed by atoms with Crippen LogP contribution in [0.2, 0.25) is 0 Å². The number of aromatic amines is 1. The Bertz CT molecular complexity index is 937. The molecule has 0 aromatic carbocycles. The molecule has 0 radical (unpaired) electrons. The summed E-state index contributed by atoms with van der Waals surface area (Å²) in [5.74, 6) is 0.502. The number of carbonyl (C=O) groups excluding carboxylic acids is 1. The van der Waals surface area contributed by atoms with Crippen molar-refractivity contribution in [3.8, 4) is 0 Å². The van der Waals surface area contributed by atoms with Crippen molar-refractivity contribution in [3.63, 3.8) is 0 Å². The van der Waals surface area contributed by atoms with E-state index >= 15 is 0 Å². The van der Waals surface area contributed by atoms with Gasteiger partial charge in [-0.25, -0.2) is 4.98 Å². The molecule has 0 aliphatic carbocycles. The molecule has 3 aromatic heterocycles. The van der Waals surface area contributed by atoms with Gasteiger partial charge in [-0.2, -0.15) is 5.10 Å². The summed E-state index contributed by atoms with van der Waals surface area (Å²) < 4.78 is 2.01.